The van der Waals surface area contributed by atoms with Gasteiger partial charge < -0.3 is 19.3 Å². The first-order valence-electron chi connectivity index (χ1n) is 7.55. The molecule has 0 aliphatic carbocycles. The molecule has 0 amide bonds. The molecule has 0 saturated carbocycles. The number of hydrogen-bond acceptors (Lipinski definition) is 6. The fourth-order valence-corrected chi connectivity index (χ4v) is 2.75. The monoisotopic (exact) mass is 342 g/mol. The Balaban J connectivity index is 2.15. The Labute approximate surface area is 144 Å². The van der Waals surface area contributed by atoms with E-state index in [9.17, 15) is 9.90 Å². The van der Waals surface area contributed by atoms with Gasteiger partial charge >= 0.3 is 0 Å². The highest BCUT2D eigenvalue weighted by Crippen LogP contribution is 2.38. The number of aromatic nitrogens is 2. The van der Waals surface area contributed by atoms with Gasteiger partial charge in [-0.3, -0.25) is 9.36 Å². The minimum atomic E-state index is -0.350. The van der Waals surface area contributed by atoms with Crippen LogP contribution in [0.25, 0.3) is 11.0 Å². The second-order valence-corrected chi connectivity index (χ2v) is 5.36. The quantitative estimate of drug-likeness (QED) is 0.765. The second kappa shape index (κ2) is 6.72. The van der Waals surface area contributed by atoms with Crippen molar-refractivity contribution in [2.45, 2.75) is 6.54 Å². The maximum absolute atomic E-state index is 12.4. The summed E-state index contributed by atoms with van der Waals surface area (Å²) in [4.78, 5) is 16.6. The zero-order valence-electron chi connectivity index (χ0n) is 14.1. The molecule has 1 N–H and O–H groups in total. The van der Waals surface area contributed by atoms with Crippen LogP contribution in [0.5, 0.6) is 23.0 Å². The van der Waals surface area contributed by atoms with E-state index in [-0.39, 0.29) is 17.9 Å². The molecule has 3 aromatic rings. The lowest BCUT2D eigenvalue weighted by molar-refractivity contribution is 0.323. The van der Waals surface area contributed by atoms with E-state index in [2.05, 4.69) is 4.98 Å². The number of nitrogens with zero attached hydrogens (tertiary/aromatic N) is 2. The third kappa shape index (κ3) is 2.96. The summed E-state index contributed by atoms with van der Waals surface area (Å²) in [7, 11) is 4.59. The van der Waals surface area contributed by atoms with Crippen LogP contribution in [0.15, 0.2) is 41.3 Å². The van der Waals surface area contributed by atoms with E-state index in [0.29, 0.717) is 28.3 Å². The first-order chi connectivity index (χ1) is 12.1. The molecule has 1 aromatic carbocycles. The summed E-state index contributed by atoms with van der Waals surface area (Å²) >= 11 is 0. The van der Waals surface area contributed by atoms with Crippen LogP contribution in [-0.4, -0.2) is 36.0 Å². The molecular formula is C18H18N2O5. The summed E-state index contributed by atoms with van der Waals surface area (Å²) in [6.45, 7) is 0.239. The molecule has 25 heavy (non-hydrogen) atoms. The van der Waals surface area contributed by atoms with Gasteiger partial charge in [-0.1, -0.05) is 0 Å². The van der Waals surface area contributed by atoms with Crippen LogP contribution in [0.4, 0.5) is 0 Å². The number of pyridine rings is 2. The van der Waals surface area contributed by atoms with Crippen LogP contribution in [0.2, 0.25) is 0 Å². The van der Waals surface area contributed by atoms with Gasteiger partial charge in [0.05, 0.1) is 33.3 Å². The summed E-state index contributed by atoms with van der Waals surface area (Å²) in [5.41, 5.74) is 0.827. The zero-order chi connectivity index (χ0) is 18.0. The molecule has 7 heteroatoms. The molecule has 0 fully saturated rings. The Morgan fingerprint density at radius 1 is 1.08 bits per heavy atom. The molecule has 2 aromatic heterocycles. The second-order valence-electron chi connectivity index (χ2n) is 5.36. The van der Waals surface area contributed by atoms with Gasteiger partial charge in [-0.15, -0.1) is 0 Å². The molecule has 0 spiro atoms. The number of aromatic hydroxyl groups is 1. The van der Waals surface area contributed by atoms with E-state index in [4.69, 9.17) is 14.2 Å². The van der Waals surface area contributed by atoms with Crippen LogP contribution in [-0.2, 0) is 6.54 Å². The van der Waals surface area contributed by atoms with Crippen molar-refractivity contribution in [2.24, 2.45) is 0 Å². The van der Waals surface area contributed by atoms with E-state index < -0.39 is 0 Å². The number of ether oxygens (including phenoxy) is 3. The third-order valence-electron chi connectivity index (χ3n) is 3.91. The SMILES string of the molecule is COc1cc(Cn2c(=O)cc(O)c3cccnc32)cc(OC)c1OC. The summed E-state index contributed by atoms with van der Waals surface area (Å²) in [6, 6.07) is 8.14. The Hall–Kier alpha value is -3.22. The smallest absolute Gasteiger partial charge is 0.256 e. The van der Waals surface area contributed by atoms with Crippen molar-refractivity contribution >= 4 is 11.0 Å². The van der Waals surface area contributed by atoms with Crippen molar-refractivity contribution in [3.05, 3.63) is 52.4 Å². The molecule has 3 rings (SSSR count). The Morgan fingerprint density at radius 3 is 2.36 bits per heavy atom. The van der Waals surface area contributed by atoms with Crippen LogP contribution >= 0.6 is 0 Å². The first-order valence-corrected chi connectivity index (χ1v) is 7.55. The van der Waals surface area contributed by atoms with Gasteiger partial charge in [0.15, 0.2) is 11.5 Å². The Kier molecular flexibility index (Phi) is 4.47. The van der Waals surface area contributed by atoms with Gasteiger partial charge in [0.1, 0.15) is 11.4 Å². The van der Waals surface area contributed by atoms with Crippen molar-refractivity contribution in [3.8, 4) is 23.0 Å². The highest BCUT2D eigenvalue weighted by molar-refractivity contribution is 5.81. The fraction of sp³-hybridized carbons (Fsp3) is 0.222. The summed E-state index contributed by atoms with van der Waals surface area (Å²) in [5, 5.41) is 10.5. The van der Waals surface area contributed by atoms with Crippen LogP contribution in [0.3, 0.4) is 0 Å². The standard InChI is InChI=1S/C18H18N2O5/c1-23-14-7-11(8-15(24-2)17(14)25-3)10-20-16(22)9-13(21)12-5-4-6-19-18(12)20/h4-9,21H,10H2,1-3H3. The fourth-order valence-electron chi connectivity index (χ4n) is 2.75. The van der Waals surface area contributed by atoms with Crippen LogP contribution in [0, 0.1) is 0 Å². The van der Waals surface area contributed by atoms with Gasteiger partial charge in [0.2, 0.25) is 5.75 Å². The topological polar surface area (TPSA) is 82.8 Å². The molecule has 0 saturated heterocycles. The summed E-state index contributed by atoms with van der Waals surface area (Å²) < 4.78 is 17.5. The van der Waals surface area contributed by atoms with Crippen molar-refractivity contribution in [2.75, 3.05) is 21.3 Å². The lowest BCUT2D eigenvalue weighted by atomic mass is 10.1. The number of benzene rings is 1. The molecular weight excluding hydrogens is 324 g/mol. The minimum Gasteiger partial charge on any atom is -0.507 e. The van der Waals surface area contributed by atoms with Gasteiger partial charge in [-0.2, -0.15) is 0 Å². The lowest BCUT2D eigenvalue weighted by Crippen LogP contribution is -2.21. The Morgan fingerprint density at radius 2 is 1.76 bits per heavy atom. The number of rotatable bonds is 5. The zero-order valence-corrected chi connectivity index (χ0v) is 14.1. The predicted molar refractivity (Wildman–Crippen MR) is 92.9 cm³/mol. The van der Waals surface area contributed by atoms with Gasteiger partial charge in [0, 0.05) is 12.3 Å². The molecule has 2 heterocycles. The number of methoxy groups -OCH3 is 3. The molecule has 130 valence electrons. The number of fused-ring (bicyclic) bond motifs is 1. The van der Waals surface area contributed by atoms with Crippen LogP contribution < -0.4 is 19.8 Å². The van der Waals surface area contributed by atoms with Crippen molar-refractivity contribution in [1.82, 2.24) is 9.55 Å². The largest absolute Gasteiger partial charge is 0.507 e. The third-order valence-corrected chi connectivity index (χ3v) is 3.91. The Bertz CT molecular complexity index is 956. The normalized spacial score (nSPS) is 10.7. The molecule has 0 radical (unpaired) electrons. The predicted octanol–water partition coefficient (Wildman–Crippen LogP) is 2.18. The van der Waals surface area contributed by atoms with E-state index >= 15 is 0 Å². The lowest BCUT2D eigenvalue weighted by Gasteiger charge is -2.15. The van der Waals surface area contributed by atoms with E-state index in [1.165, 1.54) is 32.0 Å². The highest BCUT2D eigenvalue weighted by atomic mass is 16.5. The molecule has 0 aliphatic rings. The van der Waals surface area contributed by atoms with E-state index in [1.54, 1.807) is 30.5 Å². The minimum absolute atomic E-state index is 0.0887. The summed E-state index contributed by atoms with van der Waals surface area (Å²) in [6.07, 6.45) is 1.58. The van der Waals surface area contributed by atoms with Gasteiger partial charge in [-0.05, 0) is 29.8 Å². The van der Waals surface area contributed by atoms with Crippen LogP contribution in [0.1, 0.15) is 5.56 Å². The van der Waals surface area contributed by atoms with Crippen molar-refractivity contribution in [1.29, 1.82) is 0 Å². The molecule has 0 atom stereocenters. The molecule has 7 nitrogen and oxygen atoms in total. The average molecular weight is 342 g/mol. The van der Waals surface area contributed by atoms with E-state index in [1.807, 2.05) is 0 Å². The summed E-state index contributed by atoms with van der Waals surface area (Å²) in [5.74, 6) is 1.39. The maximum atomic E-state index is 12.4. The highest BCUT2D eigenvalue weighted by Gasteiger charge is 2.15. The number of hydrogen-bond donors (Lipinski definition) is 1. The average Bonchev–Trinajstić information content (AvgIpc) is 2.64. The van der Waals surface area contributed by atoms with E-state index in [0.717, 1.165) is 5.56 Å². The van der Waals surface area contributed by atoms with Crippen molar-refractivity contribution in [3.63, 3.8) is 0 Å². The molecule has 0 unspecified atom stereocenters. The van der Waals surface area contributed by atoms with Gasteiger partial charge in [-0.25, -0.2) is 4.98 Å². The molecule has 0 aliphatic heterocycles. The van der Waals surface area contributed by atoms with Gasteiger partial charge in [0.25, 0.3) is 5.56 Å². The first kappa shape index (κ1) is 16.6. The maximum Gasteiger partial charge on any atom is 0.256 e. The molecule has 0 bridgehead atoms. The van der Waals surface area contributed by atoms with Crippen molar-refractivity contribution < 1.29 is 19.3 Å².